The number of para-hydroxylation sites is 2. The molecule has 9 rings (SSSR count). The van der Waals surface area contributed by atoms with E-state index >= 15 is 0 Å². The zero-order chi connectivity index (χ0) is 28.3. The van der Waals surface area contributed by atoms with Crippen LogP contribution in [-0.2, 0) is 0 Å². The predicted molar refractivity (Wildman–Crippen MR) is 185 cm³/mol. The summed E-state index contributed by atoms with van der Waals surface area (Å²) in [4.78, 5) is 0. The Morgan fingerprint density at radius 3 is 1.16 bits per heavy atom. The fourth-order valence-electron chi connectivity index (χ4n) is 7.01. The molecule has 0 bridgehead atoms. The van der Waals surface area contributed by atoms with E-state index < -0.39 is 0 Å². The fraction of sp³-hybridized carbons (Fsp3) is 0. The molecule has 0 aliphatic heterocycles. The second-order valence-electron chi connectivity index (χ2n) is 11.3. The summed E-state index contributed by atoms with van der Waals surface area (Å²) in [5.74, 6) is 0. The van der Waals surface area contributed by atoms with E-state index in [1.807, 2.05) is 0 Å². The summed E-state index contributed by atoms with van der Waals surface area (Å²) in [5, 5.41) is 10.0. The van der Waals surface area contributed by atoms with Crippen LogP contribution in [0, 0.1) is 0 Å². The van der Waals surface area contributed by atoms with Gasteiger partial charge in [-0.15, -0.1) is 0 Å². The number of fused-ring (bicyclic) bond motifs is 10. The Balaban J connectivity index is 1.51. The maximum atomic E-state index is 2.50. The molecule has 0 saturated carbocycles. The molecule has 0 atom stereocenters. The van der Waals surface area contributed by atoms with Gasteiger partial charge in [0.1, 0.15) is 0 Å². The summed E-state index contributed by atoms with van der Waals surface area (Å²) >= 11 is 0. The SMILES string of the molecule is c1ccc(-c2ccc(-c3cc4c5ccccc5c5ccccc5c5ccccc5n5c6ccccc6c(c3)c45)cc2)cc1. The second-order valence-corrected chi connectivity index (χ2v) is 11.3. The molecule has 7 aromatic carbocycles. The van der Waals surface area contributed by atoms with E-state index in [-0.39, 0.29) is 0 Å². The van der Waals surface area contributed by atoms with Crippen molar-refractivity contribution in [2.75, 3.05) is 0 Å². The Hall–Kier alpha value is -5.66. The molecular weight excluding hydrogens is 518 g/mol. The summed E-state index contributed by atoms with van der Waals surface area (Å²) in [7, 11) is 0. The average Bonchev–Trinajstić information content (AvgIpc) is 3.44. The molecule has 200 valence electrons. The highest BCUT2D eigenvalue weighted by Crippen LogP contribution is 2.41. The van der Waals surface area contributed by atoms with Crippen molar-refractivity contribution in [1.82, 2.24) is 4.40 Å². The first-order chi connectivity index (χ1) is 21.3. The highest BCUT2D eigenvalue weighted by atomic mass is 14.9. The van der Waals surface area contributed by atoms with Gasteiger partial charge in [-0.1, -0.05) is 140 Å². The number of nitrogens with zero attached hydrogens (tertiary/aromatic N) is 1. The summed E-state index contributed by atoms with van der Waals surface area (Å²) in [6.07, 6.45) is 0. The predicted octanol–water partition coefficient (Wildman–Crippen LogP) is 11.6. The molecule has 43 heavy (non-hydrogen) atoms. The summed E-state index contributed by atoms with van der Waals surface area (Å²) in [6, 6.07) is 59.9. The smallest absolute Gasteiger partial charge is 0.0620 e. The van der Waals surface area contributed by atoms with Gasteiger partial charge in [-0.3, -0.25) is 0 Å². The van der Waals surface area contributed by atoms with Gasteiger partial charge in [0.25, 0.3) is 0 Å². The van der Waals surface area contributed by atoms with Crippen molar-refractivity contribution in [3.8, 4) is 22.3 Å². The van der Waals surface area contributed by atoms with Crippen molar-refractivity contribution in [3.05, 3.63) is 164 Å². The van der Waals surface area contributed by atoms with Crippen molar-refractivity contribution in [2.24, 2.45) is 0 Å². The van der Waals surface area contributed by atoms with E-state index in [0.29, 0.717) is 0 Å². The minimum atomic E-state index is 1.20. The lowest BCUT2D eigenvalue weighted by Crippen LogP contribution is -1.87. The van der Waals surface area contributed by atoms with Crippen molar-refractivity contribution in [2.45, 2.75) is 0 Å². The Bertz CT molecular complexity index is 2540. The standard InChI is InChI=1S/C42H27N/c1-2-12-28(13-3-1)29-22-24-30(25-23-29)31-26-38-35-17-7-5-15-33(35)32-14-4-6-16-34(32)36-18-8-10-20-40(36)43-41-21-11-9-19-37(41)39(27-31)42(38)43/h1-27H. The largest absolute Gasteiger partial charge is 0.308 e. The normalized spacial score (nSPS) is 11.7. The van der Waals surface area contributed by atoms with Crippen LogP contribution in [0.2, 0.25) is 0 Å². The number of benzene rings is 7. The molecule has 0 fully saturated rings. The molecule has 0 N–H and O–H groups in total. The highest BCUT2D eigenvalue weighted by molar-refractivity contribution is 6.25. The molecule has 0 unspecified atom stereocenters. The van der Waals surface area contributed by atoms with E-state index in [1.54, 1.807) is 0 Å². The molecular formula is C42H27N. The third-order valence-electron chi connectivity index (χ3n) is 8.96. The van der Waals surface area contributed by atoms with Gasteiger partial charge in [0.05, 0.1) is 16.6 Å². The van der Waals surface area contributed by atoms with E-state index in [4.69, 9.17) is 0 Å². The molecule has 0 spiro atoms. The summed E-state index contributed by atoms with van der Waals surface area (Å²) in [6.45, 7) is 0. The quantitative estimate of drug-likeness (QED) is 0.203. The lowest BCUT2D eigenvalue weighted by molar-refractivity contribution is 1.35. The topological polar surface area (TPSA) is 4.41 Å². The zero-order valence-electron chi connectivity index (χ0n) is 23.5. The van der Waals surface area contributed by atoms with Gasteiger partial charge in [-0.25, -0.2) is 0 Å². The molecule has 2 heterocycles. The molecule has 2 aromatic heterocycles. The van der Waals surface area contributed by atoms with E-state index in [2.05, 4.69) is 168 Å². The van der Waals surface area contributed by atoms with Crippen LogP contribution in [0.5, 0.6) is 0 Å². The number of rotatable bonds is 2. The second kappa shape index (κ2) is 9.44. The van der Waals surface area contributed by atoms with Gasteiger partial charge in [0.2, 0.25) is 0 Å². The Morgan fingerprint density at radius 1 is 0.256 bits per heavy atom. The third-order valence-corrected chi connectivity index (χ3v) is 8.96. The van der Waals surface area contributed by atoms with Gasteiger partial charge in [0, 0.05) is 21.5 Å². The molecule has 0 saturated heterocycles. The van der Waals surface area contributed by atoms with E-state index in [9.17, 15) is 0 Å². The van der Waals surface area contributed by atoms with Crippen LogP contribution >= 0.6 is 0 Å². The average molecular weight is 546 g/mol. The van der Waals surface area contributed by atoms with Crippen LogP contribution < -0.4 is 0 Å². The van der Waals surface area contributed by atoms with E-state index in [0.717, 1.165) is 0 Å². The first kappa shape index (κ1) is 24.0. The molecule has 1 heteroatoms. The minimum absolute atomic E-state index is 1.20. The fourth-order valence-corrected chi connectivity index (χ4v) is 7.01. The molecule has 0 radical (unpaired) electrons. The molecule has 0 amide bonds. The van der Waals surface area contributed by atoms with Gasteiger partial charge in [0.15, 0.2) is 0 Å². The van der Waals surface area contributed by atoms with Gasteiger partial charge < -0.3 is 4.40 Å². The van der Waals surface area contributed by atoms with Crippen LogP contribution in [-0.4, -0.2) is 4.40 Å². The minimum Gasteiger partial charge on any atom is -0.308 e. The molecule has 0 aliphatic rings. The summed E-state index contributed by atoms with van der Waals surface area (Å²) in [5.41, 5.74) is 8.58. The highest BCUT2D eigenvalue weighted by Gasteiger charge is 2.16. The van der Waals surface area contributed by atoms with Crippen molar-refractivity contribution >= 4 is 59.6 Å². The maximum Gasteiger partial charge on any atom is 0.0620 e. The Kier molecular flexibility index (Phi) is 5.27. The van der Waals surface area contributed by atoms with Crippen LogP contribution in [0.1, 0.15) is 0 Å². The maximum absolute atomic E-state index is 2.50. The lowest BCUT2D eigenvalue weighted by Gasteiger charge is -2.09. The summed E-state index contributed by atoms with van der Waals surface area (Å²) < 4.78 is 2.50. The molecule has 0 aliphatic carbocycles. The Morgan fingerprint density at radius 2 is 0.605 bits per heavy atom. The van der Waals surface area contributed by atoms with Crippen LogP contribution in [0.15, 0.2) is 164 Å². The first-order valence-corrected chi connectivity index (χ1v) is 14.9. The number of hydrogen-bond donors (Lipinski definition) is 0. The number of hydrogen-bond acceptors (Lipinski definition) is 0. The number of aromatic nitrogens is 1. The van der Waals surface area contributed by atoms with Crippen molar-refractivity contribution in [1.29, 1.82) is 0 Å². The molecule has 1 nitrogen and oxygen atoms in total. The van der Waals surface area contributed by atoms with Crippen LogP contribution in [0.4, 0.5) is 0 Å². The van der Waals surface area contributed by atoms with Gasteiger partial charge in [-0.05, 0) is 68.1 Å². The van der Waals surface area contributed by atoms with Gasteiger partial charge in [-0.2, -0.15) is 0 Å². The van der Waals surface area contributed by atoms with Gasteiger partial charge >= 0.3 is 0 Å². The monoisotopic (exact) mass is 545 g/mol. The molecule has 9 aromatic rings. The van der Waals surface area contributed by atoms with Crippen molar-refractivity contribution in [3.63, 3.8) is 0 Å². The van der Waals surface area contributed by atoms with Crippen LogP contribution in [0.25, 0.3) is 81.9 Å². The lowest BCUT2D eigenvalue weighted by atomic mass is 9.96. The van der Waals surface area contributed by atoms with Crippen LogP contribution in [0.3, 0.4) is 0 Å². The Labute approximate surface area is 249 Å². The zero-order valence-corrected chi connectivity index (χ0v) is 23.5. The third kappa shape index (κ3) is 3.65. The van der Waals surface area contributed by atoms with Crippen molar-refractivity contribution < 1.29 is 0 Å². The first-order valence-electron chi connectivity index (χ1n) is 14.9. The van der Waals surface area contributed by atoms with E-state index in [1.165, 1.54) is 81.9 Å².